The molecule has 0 heterocycles. The van der Waals surface area contributed by atoms with E-state index in [-0.39, 0.29) is 0 Å². The zero-order valence-corrected chi connectivity index (χ0v) is 13.1. The molecule has 1 unspecified atom stereocenters. The Balaban J connectivity index is 2.10. The van der Waals surface area contributed by atoms with E-state index in [2.05, 4.69) is 45.0 Å². The van der Waals surface area contributed by atoms with Gasteiger partial charge in [-0.1, -0.05) is 57.4 Å². The van der Waals surface area contributed by atoms with E-state index < -0.39 is 9.04 Å². The first kappa shape index (κ1) is 13.8. The summed E-state index contributed by atoms with van der Waals surface area (Å²) in [4.78, 5) is 0. The molecule has 0 aromatic heterocycles. The van der Waals surface area contributed by atoms with Gasteiger partial charge < -0.3 is 4.43 Å². The van der Waals surface area contributed by atoms with Crippen molar-refractivity contribution in [2.24, 2.45) is 0 Å². The van der Waals surface area contributed by atoms with Crippen LogP contribution in [0.15, 0.2) is 24.3 Å². The molecular weight excluding hydrogens is 236 g/mol. The second-order valence-electron chi connectivity index (χ2n) is 5.92. The topological polar surface area (TPSA) is 9.23 Å². The van der Waals surface area contributed by atoms with E-state index in [1.807, 2.05) is 0 Å². The van der Waals surface area contributed by atoms with Gasteiger partial charge in [0.25, 0.3) is 0 Å². The first-order chi connectivity index (χ1) is 8.68. The summed E-state index contributed by atoms with van der Waals surface area (Å²) < 4.78 is 6.56. The molecule has 2 rings (SSSR count). The number of rotatable bonds is 4. The molecule has 0 saturated heterocycles. The SMILES string of the molecule is Cc1ccccc1[SiH](OC1CCCCC1)C(C)C. The average Bonchev–Trinajstić information content (AvgIpc) is 2.38. The van der Waals surface area contributed by atoms with Gasteiger partial charge >= 0.3 is 0 Å². The van der Waals surface area contributed by atoms with Crippen LogP contribution in [-0.4, -0.2) is 15.1 Å². The molecule has 18 heavy (non-hydrogen) atoms. The summed E-state index contributed by atoms with van der Waals surface area (Å²) in [5, 5.41) is 1.51. The van der Waals surface area contributed by atoms with Crippen LogP contribution in [-0.2, 0) is 4.43 Å². The molecule has 0 bridgehead atoms. The van der Waals surface area contributed by atoms with Crippen molar-refractivity contribution in [1.82, 2.24) is 0 Å². The monoisotopic (exact) mass is 262 g/mol. The highest BCUT2D eigenvalue weighted by atomic mass is 28.3. The van der Waals surface area contributed by atoms with Crippen molar-refractivity contribution in [1.29, 1.82) is 0 Å². The number of benzene rings is 1. The van der Waals surface area contributed by atoms with Crippen molar-refractivity contribution in [2.75, 3.05) is 0 Å². The number of aryl methyl sites for hydroxylation is 1. The predicted octanol–water partition coefficient (Wildman–Crippen LogP) is 3.69. The molecule has 0 aliphatic heterocycles. The first-order valence-electron chi connectivity index (χ1n) is 7.39. The van der Waals surface area contributed by atoms with Gasteiger partial charge in [-0.3, -0.25) is 0 Å². The van der Waals surface area contributed by atoms with Gasteiger partial charge in [-0.05, 0) is 36.1 Å². The number of hydrogen-bond donors (Lipinski definition) is 0. The molecule has 0 spiro atoms. The van der Waals surface area contributed by atoms with Gasteiger partial charge in [-0.2, -0.15) is 0 Å². The van der Waals surface area contributed by atoms with E-state index in [1.165, 1.54) is 42.9 Å². The Hall–Kier alpha value is -0.603. The van der Waals surface area contributed by atoms with E-state index in [0.717, 1.165) is 0 Å². The van der Waals surface area contributed by atoms with Gasteiger partial charge in [0.2, 0.25) is 9.04 Å². The fourth-order valence-electron chi connectivity index (χ4n) is 2.90. The van der Waals surface area contributed by atoms with Gasteiger partial charge in [0.15, 0.2) is 0 Å². The van der Waals surface area contributed by atoms with Crippen molar-refractivity contribution in [3.05, 3.63) is 29.8 Å². The molecule has 2 heteroatoms. The van der Waals surface area contributed by atoms with E-state index in [1.54, 1.807) is 0 Å². The maximum absolute atomic E-state index is 6.56. The summed E-state index contributed by atoms with van der Waals surface area (Å²) in [6.07, 6.45) is 7.22. The minimum absolute atomic E-state index is 0.539. The summed E-state index contributed by atoms with van der Waals surface area (Å²) in [6, 6.07) is 8.80. The van der Waals surface area contributed by atoms with Gasteiger partial charge in [-0.25, -0.2) is 0 Å². The highest BCUT2D eigenvalue weighted by Crippen LogP contribution is 2.23. The minimum Gasteiger partial charge on any atom is -0.412 e. The maximum atomic E-state index is 6.56. The van der Waals surface area contributed by atoms with Gasteiger partial charge in [0, 0.05) is 6.10 Å². The molecule has 1 atom stereocenters. The molecule has 1 aliphatic carbocycles. The van der Waals surface area contributed by atoms with Gasteiger partial charge in [0.1, 0.15) is 0 Å². The Kier molecular flexibility index (Phi) is 5.01. The molecular formula is C16H26OSi. The molecule has 100 valence electrons. The van der Waals surface area contributed by atoms with Gasteiger partial charge in [0.05, 0.1) is 0 Å². The number of hydrogen-bond acceptors (Lipinski definition) is 1. The van der Waals surface area contributed by atoms with Crippen molar-refractivity contribution in [2.45, 2.75) is 64.5 Å². The van der Waals surface area contributed by atoms with Crippen LogP contribution in [0.3, 0.4) is 0 Å². The van der Waals surface area contributed by atoms with E-state index in [4.69, 9.17) is 4.43 Å². The molecule has 0 radical (unpaired) electrons. The standard InChI is InChI=1S/C16H26OSi/c1-13(2)18(16-12-8-7-9-14(16)3)17-15-10-5-4-6-11-15/h7-9,12-13,15,18H,4-6,10-11H2,1-3H3. The third-order valence-electron chi connectivity index (χ3n) is 3.99. The van der Waals surface area contributed by atoms with E-state index in [9.17, 15) is 0 Å². The third-order valence-corrected chi connectivity index (χ3v) is 7.14. The van der Waals surface area contributed by atoms with Crippen molar-refractivity contribution in [3.8, 4) is 0 Å². The molecule has 1 aromatic carbocycles. The normalized spacial score (nSPS) is 19.1. The Morgan fingerprint density at radius 3 is 2.39 bits per heavy atom. The summed E-state index contributed by atoms with van der Waals surface area (Å²) in [6.45, 7) is 6.88. The summed E-state index contributed by atoms with van der Waals surface area (Å²) >= 11 is 0. The Morgan fingerprint density at radius 2 is 1.78 bits per heavy atom. The van der Waals surface area contributed by atoms with Crippen LogP contribution in [0.25, 0.3) is 0 Å². The van der Waals surface area contributed by atoms with Crippen LogP contribution in [0.2, 0.25) is 5.54 Å². The van der Waals surface area contributed by atoms with Crippen molar-refractivity contribution >= 4 is 14.2 Å². The van der Waals surface area contributed by atoms with Gasteiger partial charge in [-0.15, -0.1) is 0 Å². The Morgan fingerprint density at radius 1 is 1.11 bits per heavy atom. The Labute approximate surface area is 113 Å². The zero-order chi connectivity index (χ0) is 13.0. The molecule has 1 aliphatic rings. The largest absolute Gasteiger partial charge is 0.412 e. The summed E-state index contributed by atoms with van der Waals surface area (Å²) in [5.74, 6) is 0. The molecule has 1 nitrogen and oxygen atoms in total. The lowest BCUT2D eigenvalue weighted by molar-refractivity contribution is 0.154. The van der Waals surface area contributed by atoms with Crippen LogP contribution in [0.4, 0.5) is 0 Å². The summed E-state index contributed by atoms with van der Waals surface area (Å²) in [7, 11) is -1.28. The fourth-order valence-corrected chi connectivity index (χ4v) is 5.62. The molecule has 1 fully saturated rings. The summed E-state index contributed by atoms with van der Waals surface area (Å²) in [5.41, 5.74) is 2.09. The highest BCUT2D eigenvalue weighted by Gasteiger charge is 2.25. The van der Waals surface area contributed by atoms with Crippen LogP contribution in [0.1, 0.15) is 51.5 Å². The van der Waals surface area contributed by atoms with Crippen LogP contribution in [0, 0.1) is 6.92 Å². The lowest BCUT2D eigenvalue weighted by Gasteiger charge is -2.30. The lowest BCUT2D eigenvalue weighted by atomic mass is 9.98. The maximum Gasteiger partial charge on any atom is 0.211 e. The minimum atomic E-state index is -1.28. The van der Waals surface area contributed by atoms with Crippen LogP contribution in [0.5, 0.6) is 0 Å². The van der Waals surface area contributed by atoms with Crippen molar-refractivity contribution in [3.63, 3.8) is 0 Å². The second kappa shape index (κ2) is 6.53. The third kappa shape index (κ3) is 3.45. The smallest absolute Gasteiger partial charge is 0.211 e. The second-order valence-corrected chi connectivity index (χ2v) is 8.99. The predicted molar refractivity (Wildman–Crippen MR) is 81.0 cm³/mol. The Bertz CT molecular complexity index is 369. The first-order valence-corrected chi connectivity index (χ1v) is 9.11. The fraction of sp³-hybridized carbons (Fsp3) is 0.625. The van der Waals surface area contributed by atoms with E-state index >= 15 is 0 Å². The van der Waals surface area contributed by atoms with Crippen LogP contribution < -0.4 is 5.19 Å². The lowest BCUT2D eigenvalue weighted by Crippen LogP contribution is -2.41. The molecule has 1 saturated carbocycles. The molecule has 1 aromatic rings. The van der Waals surface area contributed by atoms with Crippen LogP contribution >= 0.6 is 0 Å². The van der Waals surface area contributed by atoms with Crippen molar-refractivity contribution < 1.29 is 4.43 Å². The molecule has 0 amide bonds. The van der Waals surface area contributed by atoms with E-state index in [0.29, 0.717) is 11.6 Å². The average molecular weight is 262 g/mol. The zero-order valence-electron chi connectivity index (χ0n) is 12.0. The quantitative estimate of drug-likeness (QED) is 0.752. The molecule has 0 N–H and O–H groups in total. The highest BCUT2D eigenvalue weighted by molar-refractivity contribution is 6.69.